The molecule has 0 aromatic heterocycles. The molecule has 0 aliphatic carbocycles. The molecule has 1 aliphatic heterocycles. The Balaban J connectivity index is 1.80. The van der Waals surface area contributed by atoms with Crippen molar-refractivity contribution < 1.29 is 18.7 Å². The highest BCUT2D eigenvalue weighted by Gasteiger charge is 2.26. The highest BCUT2D eigenvalue weighted by Crippen LogP contribution is 2.34. The number of rotatable bonds is 6. The number of ether oxygens (including phenoxy) is 2. The molecule has 3 rings (SSSR count). The van der Waals surface area contributed by atoms with Crippen LogP contribution in [0.1, 0.15) is 11.1 Å². The second-order valence-electron chi connectivity index (χ2n) is 5.42. The number of hydrogen-bond donors (Lipinski definition) is 0. The van der Waals surface area contributed by atoms with Crippen LogP contribution in [-0.4, -0.2) is 34.3 Å². The molecule has 1 saturated heterocycles. The molecular formula is C18H14FIN2O3S2. The fourth-order valence-corrected chi connectivity index (χ4v) is 4.05. The molecule has 1 aliphatic rings. The van der Waals surface area contributed by atoms with E-state index in [0.29, 0.717) is 27.1 Å². The molecule has 27 heavy (non-hydrogen) atoms. The van der Waals surface area contributed by atoms with Crippen LogP contribution in [0.2, 0.25) is 0 Å². The summed E-state index contributed by atoms with van der Waals surface area (Å²) in [6.07, 6.45) is 1.54. The predicted molar refractivity (Wildman–Crippen MR) is 116 cm³/mol. The standard InChI is InChI=1S/C18H14FIN2O3S2/c1-24-15-7-11(8-21-22-16(23)10-27-18(22)26)6-14(20)17(15)25-9-12-4-2-3-5-13(12)19/h2-8H,9-10H2,1H3. The molecule has 0 saturated carbocycles. The highest BCUT2D eigenvalue weighted by atomic mass is 127. The average molecular weight is 516 g/mol. The molecule has 0 spiro atoms. The molecule has 0 unspecified atom stereocenters. The second-order valence-corrected chi connectivity index (χ2v) is 8.19. The van der Waals surface area contributed by atoms with Gasteiger partial charge in [-0.1, -0.05) is 42.2 Å². The molecule has 5 nitrogen and oxygen atoms in total. The summed E-state index contributed by atoms with van der Waals surface area (Å²) in [6, 6.07) is 10.0. The van der Waals surface area contributed by atoms with Crippen LogP contribution in [0.15, 0.2) is 41.5 Å². The Hall–Kier alpha value is -1.72. The summed E-state index contributed by atoms with van der Waals surface area (Å²) in [4.78, 5) is 11.7. The van der Waals surface area contributed by atoms with Gasteiger partial charge in [-0.15, -0.1) is 0 Å². The van der Waals surface area contributed by atoms with Gasteiger partial charge in [0, 0.05) is 5.56 Å². The van der Waals surface area contributed by atoms with Crippen molar-refractivity contribution in [2.24, 2.45) is 5.10 Å². The van der Waals surface area contributed by atoms with Crippen molar-refractivity contribution in [3.8, 4) is 11.5 Å². The first-order valence-electron chi connectivity index (χ1n) is 7.77. The van der Waals surface area contributed by atoms with Crippen LogP contribution in [0.4, 0.5) is 4.39 Å². The van der Waals surface area contributed by atoms with E-state index in [0.717, 1.165) is 9.13 Å². The van der Waals surface area contributed by atoms with Crippen molar-refractivity contribution in [1.29, 1.82) is 0 Å². The number of carbonyl (C=O) groups is 1. The lowest BCUT2D eigenvalue weighted by Crippen LogP contribution is -2.22. The van der Waals surface area contributed by atoms with Gasteiger partial charge in [0.1, 0.15) is 12.4 Å². The quantitative estimate of drug-likeness (QED) is 0.327. The number of carbonyl (C=O) groups excluding carboxylic acids is 1. The van der Waals surface area contributed by atoms with Crippen LogP contribution in [0.5, 0.6) is 11.5 Å². The fourth-order valence-electron chi connectivity index (χ4n) is 2.30. The zero-order chi connectivity index (χ0) is 19.4. The third-order valence-corrected chi connectivity index (χ3v) is 5.77. The van der Waals surface area contributed by atoms with Crippen molar-refractivity contribution in [1.82, 2.24) is 5.01 Å². The fraction of sp³-hybridized carbons (Fsp3) is 0.167. The third-order valence-electron chi connectivity index (χ3n) is 3.63. The maximum Gasteiger partial charge on any atom is 0.259 e. The molecule has 9 heteroatoms. The summed E-state index contributed by atoms with van der Waals surface area (Å²) in [5.74, 6) is 0.846. The van der Waals surface area contributed by atoms with Gasteiger partial charge in [0.25, 0.3) is 5.91 Å². The molecule has 0 bridgehead atoms. The number of amides is 1. The number of methoxy groups -OCH3 is 1. The van der Waals surface area contributed by atoms with E-state index < -0.39 is 0 Å². The van der Waals surface area contributed by atoms with Crippen LogP contribution in [-0.2, 0) is 11.4 Å². The van der Waals surface area contributed by atoms with Gasteiger partial charge in [0.05, 0.1) is 22.6 Å². The van der Waals surface area contributed by atoms with E-state index in [2.05, 4.69) is 27.7 Å². The van der Waals surface area contributed by atoms with Crippen LogP contribution < -0.4 is 9.47 Å². The Morgan fingerprint density at radius 1 is 1.41 bits per heavy atom. The lowest BCUT2D eigenvalue weighted by atomic mass is 10.2. The molecule has 2 aromatic carbocycles. The minimum atomic E-state index is -0.320. The summed E-state index contributed by atoms with van der Waals surface area (Å²) in [5, 5.41) is 5.36. The number of thioether (sulfide) groups is 1. The zero-order valence-electron chi connectivity index (χ0n) is 14.1. The topological polar surface area (TPSA) is 51.1 Å². The van der Waals surface area contributed by atoms with Crippen molar-refractivity contribution >= 4 is 63.0 Å². The van der Waals surface area contributed by atoms with Crippen molar-refractivity contribution in [2.75, 3.05) is 12.9 Å². The number of benzene rings is 2. The molecular weight excluding hydrogens is 502 g/mol. The van der Waals surface area contributed by atoms with Gasteiger partial charge in [-0.25, -0.2) is 4.39 Å². The number of hydrogen-bond acceptors (Lipinski definition) is 6. The summed E-state index contributed by atoms with van der Waals surface area (Å²) < 4.78 is 26.2. The minimum Gasteiger partial charge on any atom is -0.493 e. The average Bonchev–Trinajstić information content (AvgIpc) is 2.97. The van der Waals surface area contributed by atoms with E-state index >= 15 is 0 Å². The minimum absolute atomic E-state index is 0.0836. The Bertz CT molecular complexity index is 907. The molecule has 1 fully saturated rings. The van der Waals surface area contributed by atoms with E-state index in [-0.39, 0.29) is 18.3 Å². The summed E-state index contributed by atoms with van der Waals surface area (Å²) in [7, 11) is 1.53. The number of halogens is 2. The second kappa shape index (κ2) is 8.98. The van der Waals surface area contributed by atoms with E-state index in [1.54, 1.807) is 30.5 Å². The van der Waals surface area contributed by atoms with Crippen LogP contribution in [0, 0.1) is 9.39 Å². The molecule has 140 valence electrons. The largest absolute Gasteiger partial charge is 0.493 e. The molecule has 1 amide bonds. The van der Waals surface area contributed by atoms with Gasteiger partial charge in [0.2, 0.25) is 0 Å². The predicted octanol–water partition coefficient (Wildman–Crippen LogP) is 4.21. The first-order chi connectivity index (χ1) is 13.0. The Labute approximate surface area is 179 Å². The van der Waals surface area contributed by atoms with E-state index in [4.69, 9.17) is 21.7 Å². The van der Waals surface area contributed by atoms with E-state index in [9.17, 15) is 9.18 Å². The van der Waals surface area contributed by atoms with Crippen molar-refractivity contribution in [3.63, 3.8) is 0 Å². The highest BCUT2D eigenvalue weighted by molar-refractivity contribution is 14.1. The summed E-state index contributed by atoms with van der Waals surface area (Å²) in [5.41, 5.74) is 1.18. The zero-order valence-corrected chi connectivity index (χ0v) is 17.9. The van der Waals surface area contributed by atoms with Gasteiger partial charge >= 0.3 is 0 Å². The van der Waals surface area contributed by atoms with Gasteiger partial charge < -0.3 is 9.47 Å². The lowest BCUT2D eigenvalue weighted by Gasteiger charge is -2.14. The molecule has 1 heterocycles. The van der Waals surface area contributed by atoms with Gasteiger partial charge in [-0.2, -0.15) is 10.1 Å². The van der Waals surface area contributed by atoms with Crippen molar-refractivity contribution in [3.05, 3.63) is 56.9 Å². The lowest BCUT2D eigenvalue weighted by molar-refractivity contribution is -0.123. The molecule has 2 aromatic rings. The molecule has 0 N–H and O–H groups in total. The van der Waals surface area contributed by atoms with Crippen LogP contribution in [0.25, 0.3) is 0 Å². The first-order valence-corrected chi connectivity index (χ1v) is 10.2. The Kier molecular flexibility index (Phi) is 6.66. The third kappa shape index (κ3) is 4.77. The SMILES string of the molecule is COc1cc(C=NN2C(=O)CSC2=S)cc(I)c1OCc1ccccc1F. The summed E-state index contributed by atoms with van der Waals surface area (Å²) in [6.45, 7) is 0.0836. The first kappa shape index (κ1) is 20.0. The van der Waals surface area contributed by atoms with E-state index in [1.807, 2.05) is 6.07 Å². The van der Waals surface area contributed by atoms with Crippen LogP contribution >= 0.6 is 46.6 Å². The number of thiocarbonyl (C=S) groups is 1. The van der Waals surface area contributed by atoms with Gasteiger partial charge in [0.15, 0.2) is 15.8 Å². The van der Waals surface area contributed by atoms with Crippen molar-refractivity contribution in [2.45, 2.75) is 6.61 Å². The van der Waals surface area contributed by atoms with Gasteiger partial charge in [-0.3, -0.25) is 4.79 Å². The maximum atomic E-state index is 13.8. The number of nitrogens with zero attached hydrogens (tertiary/aromatic N) is 2. The maximum absolute atomic E-state index is 13.8. The van der Waals surface area contributed by atoms with Crippen LogP contribution in [0.3, 0.4) is 0 Å². The Morgan fingerprint density at radius 3 is 2.85 bits per heavy atom. The smallest absolute Gasteiger partial charge is 0.259 e. The van der Waals surface area contributed by atoms with E-state index in [1.165, 1.54) is 29.9 Å². The molecule has 0 radical (unpaired) electrons. The number of hydrazone groups is 1. The summed E-state index contributed by atoms with van der Waals surface area (Å²) >= 11 is 8.49. The normalized spacial score (nSPS) is 14.3. The monoisotopic (exact) mass is 516 g/mol. The Morgan fingerprint density at radius 2 is 2.19 bits per heavy atom. The molecule has 0 atom stereocenters. The van der Waals surface area contributed by atoms with Gasteiger partial charge in [-0.05, 0) is 46.4 Å².